The number of likely N-dealkylation sites (tertiary alicyclic amines) is 1. The van der Waals surface area contributed by atoms with Gasteiger partial charge in [0.05, 0.1) is 0 Å². The summed E-state index contributed by atoms with van der Waals surface area (Å²) in [6.45, 7) is 3.93. The fraction of sp³-hybridized carbons (Fsp3) is 0.938. The molecule has 0 aromatic rings. The van der Waals surface area contributed by atoms with Crippen molar-refractivity contribution >= 4 is 5.91 Å². The standard InChI is InChI=1S/C16H31N3O/c1-18-9-7-13(8-10-18)12-19(2)16(20)15-6-4-3-5-14(15)11-17/h13-15H,3-12,17H2,1-2H3. The molecule has 20 heavy (non-hydrogen) atoms. The Morgan fingerprint density at radius 3 is 2.50 bits per heavy atom. The average Bonchev–Trinajstić information content (AvgIpc) is 2.48. The number of piperidine rings is 1. The number of hydrogen-bond donors (Lipinski definition) is 1. The van der Waals surface area contributed by atoms with Gasteiger partial charge >= 0.3 is 0 Å². The molecule has 2 unspecified atom stereocenters. The first-order valence-electron chi connectivity index (χ1n) is 8.25. The molecule has 2 atom stereocenters. The molecular formula is C16H31N3O. The van der Waals surface area contributed by atoms with E-state index in [1.54, 1.807) is 0 Å². The molecule has 2 rings (SSSR count). The molecule has 0 aromatic carbocycles. The van der Waals surface area contributed by atoms with E-state index in [1.807, 2.05) is 11.9 Å². The van der Waals surface area contributed by atoms with Crippen LogP contribution in [-0.4, -0.2) is 56.0 Å². The minimum atomic E-state index is 0.185. The van der Waals surface area contributed by atoms with Crippen LogP contribution in [0.25, 0.3) is 0 Å². The normalized spacial score (nSPS) is 29.4. The second-order valence-electron chi connectivity index (χ2n) is 6.85. The molecule has 116 valence electrons. The van der Waals surface area contributed by atoms with Crippen LogP contribution in [0.4, 0.5) is 0 Å². The first-order valence-corrected chi connectivity index (χ1v) is 8.25. The Balaban J connectivity index is 1.84. The SMILES string of the molecule is CN1CCC(CN(C)C(=O)C2CCCCC2CN)CC1. The van der Waals surface area contributed by atoms with E-state index < -0.39 is 0 Å². The van der Waals surface area contributed by atoms with Gasteiger partial charge in [-0.2, -0.15) is 0 Å². The number of amides is 1. The molecule has 0 aromatic heterocycles. The largest absolute Gasteiger partial charge is 0.345 e. The van der Waals surface area contributed by atoms with Crippen molar-refractivity contribution in [3.8, 4) is 0 Å². The van der Waals surface area contributed by atoms with Crippen LogP contribution in [0, 0.1) is 17.8 Å². The van der Waals surface area contributed by atoms with E-state index in [1.165, 1.54) is 38.8 Å². The molecule has 0 radical (unpaired) electrons. The van der Waals surface area contributed by atoms with Crippen LogP contribution >= 0.6 is 0 Å². The van der Waals surface area contributed by atoms with Gasteiger partial charge in [-0.1, -0.05) is 12.8 Å². The molecule has 2 N–H and O–H groups in total. The molecule has 1 amide bonds. The highest BCUT2D eigenvalue weighted by Gasteiger charge is 2.32. The number of hydrogen-bond acceptors (Lipinski definition) is 3. The van der Waals surface area contributed by atoms with Gasteiger partial charge in [-0.15, -0.1) is 0 Å². The van der Waals surface area contributed by atoms with E-state index in [0.717, 1.165) is 19.4 Å². The zero-order valence-corrected chi connectivity index (χ0v) is 13.2. The summed E-state index contributed by atoms with van der Waals surface area (Å²) in [5.41, 5.74) is 5.85. The molecular weight excluding hydrogens is 250 g/mol. The molecule has 1 aliphatic carbocycles. The zero-order chi connectivity index (χ0) is 14.5. The highest BCUT2D eigenvalue weighted by atomic mass is 16.2. The third kappa shape index (κ3) is 3.95. The van der Waals surface area contributed by atoms with Crippen LogP contribution in [0.5, 0.6) is 0 Å². The third-order valence-electron chi connectivity index (χ3n) is 5.28. The van der Waals surface area contributed by atoms with Gasteiger partial charge in [0.2, 0.25) is 5.91 Å². The predicted octanol–water partition coefficient (Wildman–Crippen LogP) is 1.55. The highest BCUT2D eigenvalue weighted by Crippen LogP contribution is 2.31. The number of nitrogens with zero attached hydrogens (tertiary/aromatic N) is 2. The highest BCUT2D eigenvalue weighted by molar-refractivity contribution is 5.79. The predicted molar refractivity (Wildman–Crippen MR) is 82.4 cm³/mol. The molecule has 0 bridgehead atoms. The van der Waals surface area contributed by atoms with Gasteiger partial charge in [-0.05, 0) is 64.2 Å². The van der Waals surface area contributed by atoms with Crippen LogP contribution in [0.2, 0.25) is 0 Å². The van der Waals surface area contributed by atoms with Crippen molar-refractivity contribution in [1.29, 1.82) is 0 Å². The van der Waals surface area contributed by atoms with E-state index in [0.29, 0.717) is 24.3 Å². The minimum Gasteiger partial charge on any atom is -0.345 e. The minimum absolute atomic E-state index is 0.185. The van der Waals surface area contributed by atoms with Crippen LogP contribution in [-0.2, 0) is 4.79 Å². The topological polar surface area (TPSA) is 49.6 Å². The number of carbonyl (C=O) groups is 1. The fourth-order valence-corrected chi connectivity index (χ4v) is 3.82. The van der Waals surface area contributed by atoms with Crippen molar-refractivity contribution < 1.29 is 4.79 Å². The lowest BCUT2D eigenvalue weighted by Crippen LogP contribution is -2.43. The van der Waals surface area contributed by atoms with Crippen molar-refractivity contribution in [1.82, 2.24) is 9.80 Å². The lowest BCUT2D eigenvalue weighted by Gasteiger charge is -2.35. The van der Waals surface area contributed by atoms with E-state index in [2.05, 4.69) is 11.9 Å². The summed E-state index contributed by atoms with van der Waals surface area (Å²) in [4.78, 5) is 17.0. The first kappa shape index (κ1) is 15.8. The lowest BCUT2D eigenvalue weighted by molar-refractivity contribution is -0.137. The Kier molecular flexibility index (Phi) is 5.85. The average molecular weight is 281 g/mol. The van der Waals surface area contributed by atoms with E-state index in [9.17, 15) is 4.79 Å². The summed E-state index contributed by atoms with van der Waals surface area (Å²) in [5, 5.41) is 0. The molecule has 4 nitrogen and oxygen atoms in total. The van der Waals surface area contributed by atoms with E-state index >= 15 is 0 Å². The van der Waals surface area contributed by atoms with Gasteiger partial charge in [-0.3, -0.25) is 4.79 Å². The van der Waals surface area contributed by atoms with Crippen LogP contribution in [0.1, 0.15) is 38.5 Å². The molecule has 2 aliphatic rings. The van der Waals surface area contributed by atoms with Gasteiger partial charge < -0.3 is 15.5 Å². The monoisotopic (exact) mass is 281 g/mol. The lowest BCUT2D eigenvalue weighted by atomic mass is 9.78. The van der Waals surface area contributed by atoms with Gasteiger partial charge in [0, 0.05) is 19.5 Å². The number of nitrogens with two attached hydrogens (primary N) is 1. The molecule has 4 heteroatoms. The number of rotatable bonds is 4. The van der Waals surface area contributed by atoms with E-state index in [-0.39, 0.29) is 5.92 Å². The summed E-state index contributed by atoms with van der Waals surface area (Å²) in [6.07, 6.45) is 7.05. The quantitative estimate of drug-likeness (QED) is 0.850. The van der Waals surface area contributed by atoms with Crippen molar-refractivity contribution in [2.45, 2.75) is 38.5 Å². The second-order valence-corrected chi connectivity index (χ2v) is 6.85. The molecule has 1 saturated heterocycles. The molecule has 1 saturated carbocycles. The van der Waals surface area contributed by atoms with Crippen LogP contribution in [0.15, 0.2) is 0 Å². The summed E-state index contributed by atoms with van der Waals surface area (Å²) >= 11 is 0. The van der Waals surface area contributed by atoms with Gasteiger partial charge in [0.15, 0.2) is 0 Å². The Morgan fingerprint density at radius 1 is 1.20 bits per heavy atom. The Labute approximate surface area is 123 Å². The maximum atomic E-state index is 12.7. The maximum absolute atomic E-state index is 12.7. The Morgan fingerprint density at radius 2 is 1.85 bits per heavy atom. The summed E-state index contributed by atoms with van der Waals surface area (Å²) in [7, 11) is 4.17. The number of carbonyl (C=O) groups excluding carboxylic acids is 1. The Hall–Kier alpha value is -0.610. The summed E-state index contributed by atoms with van der Waals surface area (Å²) in [5.74, 6) is 1.63. The van der Waals surface area contributed by atoms with Gasteiger partial charge in [0.25, 0.3) is 0 Å². The zero-order valence-electron chi connectivity index (χ0n) is 13.2. The molecule has 0 spiro atoms. The van der Waals surface area contributed by atoms with Crippen molar-refractivity contribution in [2.24, 2.45) is 23.5 Å². The third-order valence-corrected chi connectivity index (χ3v) is 5.28. The first-order chi connectivity index (χ1) is 9.61. The van der Waals surface area contributed by atoms with Crippen LogP contribution in [0.3, 0.4) is 0 Å². The summed E-state index contributed by atoms with van der Waals surface area (Å²) in [6, 6.07) is 0. The fourth-order valence-electron chi connectivity index (χ4n) is 3.82. The second kappa shape index (κ2) is 7.41. The van der Waals surface area contributed by atoms with Crippen molar-refractivity contribution in [2.75, 3.05) is 40.3 Å². The van der Waals surface area contributed by atoms with Crippen LogP contribution < -0.4 is 5.73 Å². The molecule has 1 heterocycles. The van der Waals surface area contributed by atoms with Gasteiger partial charge in [0.1, 0.15) is 0 Å². The summed E-state index contributed by atoms with van der Waals surface area (Å²) < 4.78 is 0. The van der Waals surface area contributed by atoms with Crippen molar-refractivity contribution in [3.05, 3.63) is 0 Å². The van der Waals surface area contributed by atoms with Gasteiger partial charge in [-0.25, -0.2) is 0 Å². The molecule has 1 aliphatic heterocycles. The molecule has 2 fully saturated rings. The Bertz CT molecular complexity index is 313. The van der Waals surface area contributed by atoms with Crippen molar-refractivity contribution in [3.63, 3.8) is 0 Å². The maximum Gasteiger partial charge on any atom is 0.225 e. The van der Waals surface area contributed by atoms with E-state index in [4.69, 9.17) is 5.73 Å². The smallest absolute Gasteiger partial charge is 0.225 e.